The summed E-state index contributed by atoms with van der Waals surface area (Å²) in [5.41, 5.74) is 3.16. The maximum atomic E-state index is 12.4. The predicted octanol–water partition coefficient (Wildman–Crippen LogP) is 3.35. The number of carbonyl (C=O) groups excluding carboxylic acids is 1. The van der Waals surface area contributed by atoms with Crippen molar-refractivity contribution in [2.45, 2.75) is 27.3 Å². The molecule has 0 spiro atoms. The lowest BCUT2D eigenvalue weighted by Gasteiger charge is -2.07. The Balaban J connectivity index is 1.77. The van der Waals surface area contributed by atoms with Gasteiger partial charge in [0.2, 0.25) is 0 Å². The highest BCUT2D eigenvalue weighted by Crippen LogP contribution is 2.27. The van der Waals surface area contributed by atoms with Crippen molar-refractivity contribution >= 4 is 17.2 Å². The fraction of sp³-hybridized carbons (Fsp3) is 0.211. The Hall–Kier alpha value is -2.73. The Morgan fingerprint density at radius 3 is 2.60 bits per heavy atom. The summed E-state index contributed by atoms with van der Waals surface area (Å²) in [7, 11) is 0. The van der Waals surface area contributed by atoms with Crippen molar-refractivity contribution in [3.05, 3.63) is 74.1 Å². The Kier molecular flexibility index (Phi) is 4.81. The largest absolute Gasteiger partial charge is 0.347 e. The van der Waals surface area contributed by atoms with E-state index in [-0.39, 0.29) is 17.0 Å². The van der Waals surface area contributed by atoms with Crippen molar-refractivity contribution in [3.63, 3.8) is 0 Å². The van der Waals surface area contributed by atoms with Gasteiger partial charge in [-0.25, -0.2) is 4.98 Å². The van der Waals surface area contributed by atoms with Gasteiger partial charge in [0.15, 0.2) is 0 Å². The summed E-state index contributed by atoms with van der Waals surface area (Å²) in [6.07, 6.45) is 0. The number of thiazole rings is 1. The Morgan fingerprint density at radius 2 is 1.92 bits per heavy atom. The zero-order chi connectivity index (χ0) is 18.0. The molecule has 3 aromatic rings. The number of nitrogens with zero attached hydrogens (tertiary/aromatic N) is 1. The highest BCUT2D eigenvalue weighted by atomic mass is 32.1. The summed E-state index contributed by atoms with van der Waals surface area (Å²) in [4.78, 5) is 32.7. The molecule has 6 heteroatoms. The summed E-state index contributed by atoms with van der Waals surface area (Å²) in [6, 6.07) is 11.7. The fourth-order valence-electron chi connectivity index (χ4n) is 2.68. The third-order valence-electron chi connectivity index (χ3n) is 3.92. The zero-order valence-corrected chi connectivity index (χ0v) is 15.2. The quantitative estimate of drug-likeness (QED) is 0.755. The first-order chi connectivity index (χ1) is 12.0. The molecule has 0 saturated carbocycles. The van der Waals surface area contributed by atoms with Gasteiger partial charge in [-0.3, -0.25) is 9.59 Å². The van der Waals surface area contributed by atoms with Gasteiger partial charge in [0.1, 0.15) is 10.6 Å². The molecule has 2 aromatic heterocycles. The molecular formula is C19H19N3O2S. The smallest absolute Gasteiger partial charge is 0.261 e. The first-order valence-electron chi connectivity index (χ1n) is 7.96. The number of benzene rings is 1. The van der Waals surface area contributed by atoms with Crippen LogP contribution in [0.15, 0.2) is 41.2 Å². The SMILES string of the molecule is Cc1cc(C)c(C(=O)NCc2sc(-c3ccccc3)nc2C)c(=O)[nH]1. The summed E-state index contributed by atoms with van der Waals surface area (Å²) in [5, 5.41) is 3.76. The van der Waals surface area contributed by atoms with Crippen molar-refractivity contribution in [3.8, 4) is 10.6 Å². The number of pyridine rings is 1. The van der Waals surface area contributed by atoms with E-state index in [4.69, 9.17) is 0 Å². The fourth-order valence-corrected chi connectivity index (χ4v) is 3.69. The summed E-state index contributed by atoms with van der Waals surface area (Å²) >= 11 is 1.55. The molecule has 1 aromatic carbocycles. The van der Waals surface area contributed by atoms with Crippen LogP contribution in [0.4, 0.5) is 0 Å². The normalized spacial score (nSPS) is 10.7. The lowest BCUT2D eigenvalue weighted by molar-refractivity contribution is 0.0949. The van der Waals surface area contributed by atoms with E-state index < -0.39 is 0 Å². The van der Waals surface area contributed by atoms with E-state index >= 15 is 0 Å². The minimum absolute atomic E-state index is 0.163. The highest BCUT2D eigenvalue weighted by Gasteiger charge is 2.16. The number of aromatic nitrogens is 2. The Bertz CT molecular complexity index is 974. The van der Waals surface area contributed by atoms with Crippen LogP contribution in [0, 0.1) is 20.8 Å². The van der Waals surface area contributed by atoms with Crippen LogP contribution in [0.5, 0.6) is 0 Å². The second kappa shape index (κ2) is 7.03. The van der Waals surface area contributed by atoms with Crippen molar-refractivity contribution in [2.24, 2.45) is 0 Å². The number of carbonyl (C=O) groups is 1. The van der Waals surface area contributed by atoms with Gasteiger partial charge in [-0.15, -0.1) is 11.3 Å². The Morgan fingerprint density at radius 1 is 1.20 bits per heavy atom. The van der Waals surface area contributed by atoms with Gasteiger partial charge in [-0.2, -0.15) is 0 Å². The van der Waals surface area contributed by atoms with Gasteiger partial charge in [0.25, 0.3) is 11.5 Å². The van der Waals surface area contributed by atoms with E-state index in [2.05, 4.69) is 15.3 Å². The molecule has 0 radical (unpaired) electrons. The predicted molar refractivity (Wildman–Crippen MR) is 100.0 cm³/mol. The molecule has 0 aliphatic carbocycles. The molecule has 1 amide bonds. The number of amides is 1. The minimum Gasteiger partial charge on any atom is -0.347 e. The molecule has 0 saturated heterocycles. The Labute approximate surface area is 149 Å². The van der Waals surface area contributed by atoms with Crippen LogP contribution in [-0.2, 0) is 6.54 Å². The zero-order valence-electron chi connectivity index (χ0n) is 14.3. The number of H-pyrrole nitrogens is 1. The molecule has 3 rings (SSSR count). The molecule has 0 unspecified atom stereocenters. The number of hydrogen-bond acceptors (Lipinski definition) is 4. The lowest BCUT2D eigenvalue weighted by Crippen LogP contribution is -2.30. The standard InChI is InChI=1S/C19H19N3O2S/c1-11-9-12(2)21-18(24)16(11)17(23)20-10-15-13(3)22-19(25-15)14-7-5-4-6-8-14/h4-9H,10H2,1-3H3,(H,20,23)(H,21,24). The van der Waals surface area contributed by atoms with Crippen LogP contribution in [-0.4, -0.2) is 15.9 Å². The number of hydrogen-bond donors (Lipinski definition) is 2. The maximum Gasteiger partial charge on any atom is 0.261 e. The molecule has 5 nitrogen and oxygen atoms in total. The van der Waals surface area contributed by atoms with E-state index in [9.17, 15) is 9.59 Å². The number of nitrogens with one attached hydrogen (secondary N) is 2. The van der Waals surface area contributed by atoms with Gasteiger partial charge in [0, 0.05) is 16.1 Å². The van der Waals surface area contributed by atoms with E-state index in [0.717, 1.165) is 26.8 Å². The third-order valence-corrected chi connectivity index (χ3v) is 5.12. The average molecular weight is 353 g/mol. The molecule has 0 aliphatic rings. The second-order valence-corrected chi connectivity index (χ2v) is 7.00. The van der Waals surface area contributed by atoms with Crippen LogP contribution >= 0.6 is 11.3 Å². The number of aromatic amines is 1. The molecule has 2 heterocycles. The summed E-state index contributed by atoms with van der Waals surface area (Å²) < 4.78 is 0. The summed E-state index contributed by atoms with van der Waals surface area (Å²) in [5.74, 6) is -0.368. The summed E-state index contributed by atoms with van der Waals surface area (Å²) in [6.45, 7) is 5.83. The van der Waals surface area contributed by atoms with E-state index in [1.54, 1.807) is 31.3 Å². The van der Waals surface area contributed by atoms with Gasteiger partial charge in [-0.05, 0) is 32.4 Å². The highest BCUT2D eigenvalue weighted by molar-refractivity contribution is 7.15. The molecule has 0 bridgehead atoms. The van der Waals surface area contributed by atoms with Gasteiger partial charge in [0.05, 0.1) is 12.2 Å². The van der Waals surface area contributed by atoms with Gasteiger partial charge >= 0.3 is 0 Å². The first kappa shape index (κ1) is 17.1. The van der Waals surface area contributed by atoms with Crippen molar-refractivity contribution < 1.29 is 4.79 Å². The third kappa shape index (κ3) is 3.69. The minimum atomic E-state index is -0.368. The molecule has 128 valence electrons. The average Bonchev–Trinajstić information content (AvgIpc) is 2.94. The number of rotatable bonds is 4. The van der Waals surface area contributed by atoms with E-state index in [0.29, 0.717) is 12.1 Å². The molecule has 0 fully saturated rings. The van der Waals surface area contributed by atoms with Crippen molar-refractivity contribution in [2.75, 3.05) is 0 Å². The van der Waals surface area contributed by atoms with Crippen LogP contribution in [0.25, 0.3) is 10.6 Å². The molecular weight excluding hydrogens is 334 g/mol. The molecule has 2 N–H and O–H groups in total. The lowest BCUT2D eigenvalue weighted by atomic mass is 10.1. The molecule has 0 atom stereocenters. The van der Waals surface area contributed by atoms with Crippen molar-refractivity contribution in [1.29, 1.82) is 0 Å². The van der Waals surface area contributed by atoms with Crippen molar-refractivity contribution in [1.82, 2.24) is 15.3 Å². The van der Waals surface area contributed by atoms with E-state index in [1.165, 1.54) is 0 Å². The van der Waals surface area contributed by atoms with Gasteiger partial charge < -0.3 is 10.3 Å². The maximum absolute atomic E-state index is 12.4. The monoisotopic (exact) mass is 353 g/mol. The molecule has 0 aliphatic heterocycles. The van der Waals surface area contributed by atoms with Crippen LogP contribution in [0.1, 0.15) is 32.2 Å². The molecule has 25 heavy (non-hydrogen) atoms. The van der Waals surface area contributed by atoms with Crippen LogP contribution in [0.2, 0.25) is 0 Å². The number of aryl methyl sites for hydroxylation is 3. The topological polar surface area (TPSA) is 74.8 Å². The van der Waals surface area contributed by atoms with Crippen LogP contribution in [0.3, 0.4) is 0 Å². The van der Waals surface area contributed by atoms with Crippen LogP contribution < -0.4 is 10.9 Å². The first-order valence-corrected chi connectivity index (χ1v) is 8.78. The van der Waals surface area contributed by atoms with Gasteiger partial charge in [-0.1, -0.05) is 30.3 Å². The second-order valence-electron chi connectivity index (χ2n) is 5.92. The van der Waals surface area contributed by atoms with E-state index in [1.807, 2.05) is 37.3 Å².